The summed E-state index contributed by atoms with van der Waals surface area (Å²) in [5.41, 5.74) is 6.79. The number of nitrogens with two attached hydrogens (primary N) is 1. The first-order valence-electron chi connectivity index (χ1n) is 7.28. The smallest absolute Gasteiger partial charge is 0.374 e. The molecule has 0 radical (unpaired) electrons. The summed E-state index contributed by atoms with van der Waals surface area (Å²) in [4.78, 5) is 11.9. The van der Waals surface area contributed by atoms with Crippen LogP contribution in [-0.2, 0) is 31.1 Å². The van der Waals surface area contributed by atoms with Gasteiger partial charge in [0.1, 0.15) is 5.76 Å². The summed E-state index contributed by atoms with van der Waals surface area (Å²) in [6.45, 7) is 7.68. The van der Waals surface area contributed by atoms with Gasteiger partial charge >= 0.3 is 13.6 Å². The van der Waals surface area contributed by atoms with Gasteiger partial charge in [-0.05, 0) is 27.7 Å². The molecule has 1 heterocycles. The number of ether oxygens (including phenoxy) is 1. The number of rotatable bonds is 9. The molecule has 0 bridgehead atoms. The molecule has 7 nitrogen and oxygen atoms in total. The molecule has 0 atom stereocenters. The van der Waals surface area contributed by atoms with Gasteiger partial charge in [-0.15, -0.1) is 0 Å². The normalized spacial score (nSPS) is 11.7. The topological polar surface area (TPSA) is 101 Å². The van der Waals surface area contributed by atoms with E-state index < -0.39 is 13.6 Å². The third-order valence-electron chi connectivity index (χ3n) is 2.99. The Bertz CT molecular complexity index is 544. The maximum absolute atomic E-state index is 12.7. The molecule has 0 saturated carbocycles. The lowest BCUT2D eigenvalue weighted by atomic mass is 10.1. The highest BCUT2D eigenvalue weighted by molar-refractivity contribution is 7.53. The van der Waals surface area contributed by atoms with Crippen LogP contribution in [0.2, 0.25) is 0 Å². The van der Waals surface area contributed by atoms with Crippen molar-refractivity contribution >= 4 is 13.6 Å². The zero-order valence-electron chi connectivity index (χ0n) is 13.5. The molecule has 2 N–H and O–H groups in total. The van der Waals surface area contributed by atoms with Crippen LogP contribution in [0.1, 0.15) is 48.2 Å². The minimum atomic E-state index is -3.31. The summed E-state index contributed by atoms with van der Waals surface area (Å²) >= 11 is 0. The molecule has 1 aromatic heterocycles. The van der Waals surface area contributed by atoms with Crippen molar-refractivity contribution in [2.75, 3.05) is 19.8 Å². The number of carbonyl (C=O) groups is 1. The minimum absolute atomic E-state index is 0.00987. The number of esters is 1. The zero-order valence-corrected chi connectivity index (χ0v) is 14.4. The first-order chi connectivity index (χ1) is 10.4. The third kappa shape index (κ3) is 4.43. The predicted octanol–water partition coefficient (Wildman–Crippen LogP) is 2.99. The Morgan fingerprint density at radius 2 is 1.73 bits per heavy atom. The average Bonchev–Trinajstić information content (AvgIpc) is 2.76. The van der Waals surface area contributed by atoms with E-state index in [0.29, 0.717) is 16.9 Å². The SMILES string of the molecule is CCOC(=O)c1oc(C)c(CP(=O)(OCC)OCC)c1CN. The molecule has 8 heteroatoms. The minimum Gasteiger partial charge on any atom is -0.460 e. The van der Waals surface area contributed by atoms with Crippen LogP contribution in [0.4, 0.5) is 0 Å². The molecule has 22 heavy (non-hydrogen) atoms. The first kappa shape index (κ1) is 18.9. The molecular formula is C14H24NO6P. The van der Waals surface area contributed by atoms with Crippen LogP contribution in [-0.4, -0.2) is 25.8 Å². The van der Waals surface area contributed by atoms with Crippen LogP contribution in [0.15, 0.2) is 4.42 Å². The summed E-state index contributed by atoms with van der Waals surface area (Å²) in [5.74, 6) is -0.0699. The Labute approximate surface area is 130 Å². The van der Waals surface area contributed by atoms with E-state index in [4.69, 9.17) is 23.9 Å². The lowest BCUT2D eigenvalue weighted by molar-refractivity contribution is 0.0487. The second-order valence-electron chi connectivity index (χ2n) is 4.47. The van der Waals surface area contributed by atoms with Crippen LogP contribution >= 0.6 is 7.60 Å². The highest BCUT2D eigenvalue weighted by atomic mass is 31.2. The molecule has 0 aliphatic heterocycles. The van der Waals surface area contributed by atoms with Crippen molar-refractivity contribution in [1.82, 2.24) is 0 Å². The van der Waals surface area contributed by atoms with E-state index in [1.54, 1.807) is 27.7 Å². The highest BCUT2D eigenvalue weighted by Crippen LogP contribution is 2.52. The van der Waals surface area contributed by atoms with Crippen LogP contribution in [0, 0.1) is 6.92 Å². The van der Waals surface area contributed by atoms with Gasteiger partial charge in [-0.2, -0.15) is 0 Å². The average molecular weight is 333 g/mol. The lowest BCUT2D eigenvalue weighted by Gasteiger charge is -2.17. The summed E-state index contributed by atoms with van der Waals surface area (Å²) < 4.78 is 33.6. The standard InChI is InChI=1S/C14H24NO6P/c1-5-18-14(16)13-11(8-15)12(10(4)21-13)9-22(17,19-6-2)20-7-3/h5-9,15H2,1-4H3. The molecule has 0 aromatic carbocycles. The number of furan rings is 1. The summed E-state index contributed by atoms with van der Waals surface area (Å²) in [7, 11) is -3.31. The van der Waals surface area contributed by atoms with Crippen molar-refractivity contribution in [3.05, 3.63) is 22.6 Å². The molecule has 126 valence electrons. The van der Waals surface area contributed by atoms with Crippen molar-refractivity contribution in [3.8, 4) is 0 Å². The molecule has 0 saturated heterocycles. The second kappa shape index (κ2) is 8.48. The van der Waals surface area contributed by atoms with E-state index in [2.05, 4.69) is 0 Å². The quantitative estimate of drug-likeness (QED) is 0.547. The van der Waals surface area contributed by atoms with E-state index in [0.717, 1.165) is 0 Å². The van der Waals surface area contributed by atoms with Gasteiger partial charge in [-0.3, -0.25) is 4.57 Å². The van der Waals surface area contributed by atoms with Crippen molar-refractivity contribution < 1.29 is 27.6 Å². The molecular weight excluding hydrogens is 309 g/mol. The molecule has 0 aliphatic rings. The predicted molar refractivity (Wildman–Crippen MR) is 81.9 cm³/mol. The number of aryl methyl sites for hydroxylation is 1. The summed E-state index contributed by atoms with van der Waals surface area (Å²) in [6.07, 6.45) is 0.00987. The van der Waals surface area contributed by atoms with Crippen molar-refractivity contribution in [3.63, 3.8) is 0 Å². The molecule has 0 spiro atoms. The number of hydrogen-bond donors (Lipinski definition) is 1. The lowest BCUT2D eigenvalue weighted by Crippen LogP contribution is -2.10. The third-order valence-corrected chi connectivity index (χ3v) is 4.99. The summed E-state index contributed by atoms with van der Waals surface area (Å²) in [6, 6.07) is 0. The highest BCUT2D eigenvalue weighted by Gasteiger charge is 2.31. The van der Waals surface area contributed by atoms with Crippen molar-refractivity contribution in [2.24, 2.45) is 5.73 Å². The molecule has 1 aromatic rings. The van der Waals surface area contributed by atoms with Crippen molar-refractivity contribution in [2.45, 2.75) is 40.4 Å². The van der Waals surface area contributed by atoms with Gasteiger partial charge in [0, 0.05) is 17.7 Å². The van der Waals surface area contributed by atoms with E-state index in [1.807, 2.05) is 0 Å². The Kier molecular flexibility index (Phi) is 7.29. The number of hydrogen-bond acceptors (Lipinski definition) is 7. The fourth-order valence-corrected chi connectivity index (χ4v) is 3.97. The maximum Gasteiger partial charge on any atom is 0.374 e. The molecule has 0 aliphatic carbocycles. The largest absolute Gasteiger partial charge is 0.460 e. The Hall–Kier alpha value is -1.14. The monoisotopic (exact) mass is 333 g/mol. The van der Waals surface area contributed by atoms with E-state index in [9.17, 15) is 9.36 Å². The first-order valence-corrected chi connectivity index (χ1v) is 9.01. The van der Waals surface area contributed by atoms with E-state index in [-0.39, 0.29) is 38.3 Å². The van der Waals surface area contributed by atoms with Crippen LogP contribution in [0.3, 0.4) is 0 Å². The maximum atomic E-state index is 12.7. The fraction of sp³-hybridized carbons (Fsp3) is 0.643. The van der Waals surface area contributed by atoms with Gasteiger partial charge in [0.15, 0.2) is 0 Å². The zero-order chi connectivity index (χ0) is 16.8. The summed E-state index contributed by atoms with van der Waals surface area (Å²) in [5, 5.41) is 0. The Morgan fingerprint density at radius 3 is 2.18 bits per heavy atom. The fourth-order valence-electron chi connectivity index (χ4n) is 2.13. The molecule has 0 unspecified atom stereocenters. The second-order valence-corrected chi connectivity index (χ2v) is 6.53. The Morgan fingerprint density at radius 1 is 1.14 bits per heavy atom. The van der Waals surface area contributed by atoms with Crippen molar-refractivity contribution in [1.29, 1.82) is 0 Å². The van der Waals surface area contributed by atoms with E-state index >= 15 is 0 Å². The van der Waals surface area contributed by atoms with Gasteiger partial charge in [0.25, 0.3) is 0 Å². The van der Waals surface area contributed by atoms with E-state index in [1.165, 1.54) is 0 Å². The van der Waals surface area contributed by atoms with Gasteiger partial charge in [-0.1, -0.05) is 0 Å². The number of carbonyl (C=O) groups excluding carboxylic acids is 1. The molecule has 0 amide bonds. The van der Waals surface area contributed by atoms with Gasteiger partial charge in [0.05, 0.1) is 26.0 Å². The van der Waals surface area contributed by atoms with Crippen LogP contribution in [0.25, 0.3) is 0 Å². The van der Waals surface area contributed by atoms with Gasteiger partial charge in [0.2, 0.25) is 5.76 Å². The Balaban J connectivity index is 3.18. The van der Waals surface area contributed by atoms with Gasteiger partial charge in [-0.25, -0.2) is 4.79 Å². The van der Waals surface area contributed by atoms with Crippen LogP contribution in [0.5, 0.6) is 0 Å². The molecule has 1 rings (SSSR count). The van der Waals surface area contributed by atoms with Gasteiger partial charge < -0.3 is 23.9 Å². The van der Waals surface area contributed by atoms with Crippen LogP contribution < -0.4 is 5.73 Å². The molecule has 0 fully saturated rings.